The lowest BCUT2D eigenvalue weighted by atomic mass is 9.85. The van der Waals surface area contributed by atoms with E-state index in [2.05, 4.69) is 30.3 Å². The van der Waals surface area contributed by atoms with E-state index < -0.39 is 5.97 Å². The maximum absolute atomic E-state index is 12.0. The molecule has 0 aliphatic carbocycles. The quantitative estimate of drug-likeness (QED) is 0.459. The van der Waals surface area contributed by atoms with Gasteiger partial charge in [-0.25, -0.2) is 4.79 Å². The van der Waals surface area contributed by atoms with Crippen LogP contribution in [0.15, 0.2) is 84.9 Å². The van der Waals surface area contributed by atoms with Crippen molar-refractivity contribution in [1.29, 1.82) is 0 Å². The van der Waals surface area contributed by atoms with Gasteiger partial charge in [0.1, 0.15) is 0 Å². The zero-order valence-corrected chi connectivity index (χ0v) is 15.1. The van der Waals surface area contributed by atoms with Crippen LogP contribution in [-0.4, -0.2) is 11.1 Å². The molecule has 4 aromatic rings. The fourth-order valence-corrected chi connectivity index (χ4v) is 3.84. The molecule has 132 valence electrons. The smallest absolute Gasteiger partial charge is 0.336 e. The first kappa shape index (κ1) is 17.0. The summed E-state index contributed by atoms with van der Waals surface area (Å²) in [5.41, 5.74) is 5.58. The second-order valence-electron chi connectivity index (χ2n) is 6.57. The number of hydrogen-bond donors (Lipinski definition) is 1. The largest absolute Gasteiger partial charge is 0.478 e. The fraction of sp³-hybridized carbons (Fsp3) is 0.0800. The zero-order chi connectivity index (χ0) is 18.8. The van der Waals surface area contributed by atoms with Gasteiger partial charge in [0, 0.05) is 0 Å². The second-order valence-corrected chi connectivity index (χ2v) is 6.57. The molecule has 4 rings (SSSR count). The van der Waals surface area contributed by atoms with Crippen molar-refractivity contribution in [2.75, 3.05) is 0 Å². The summed E-state index contributed by atoms with van der Waals surface area (Å²) < 4.78 is 0. The monoisotopic (exact) mass is 352 g/mol. The molecule has 0 fully saturated rings. The van der Waals surface area contributed by atoms with Crippen LogP contribution < -0.4 is 0 Å². The van der Waals surface area contributed by atoms with E-state index in [4.69, 9.17) is 0 Å². The number of rotatable bonds is 4. The lowest BCUT2D eigenvalue weighted by Gasteiger charge is -2.18. The number of fused-ring (bicyclic) bond motifs is 1. The number of carboxylic acids is 1. The molecular formula is C25H20O2. The van der Waals surface area contributed by atoms with Gasteiger partial charge in [0.05, 0.1) is 5.56 Å². The summed E-state index contributed by atoms with van der Waals surface area (Å²) in [6.07, 6.45) is 0.658. The topological polar surface area (TPSA) is 37.3 Å². The molecule has 27 heavy (non-hydrogen) atoms. The average Bonchev–Trinajstić information content (AvgIpc) is 2.73. The maximum atomic E-state index is 12.0. The van der Waals surface area contributed by atoms with Crippen LogP contribution in [0.1, 0.15) is 22.8 Å². The first-order valence-corrected chi connectivity index (χ1v) is 9.13. The minimum absolute atomic E-state index is 0.383. The van der Waals surface area contributed by atoms with E-state index in [0.29, 0.717) is 12.0 Å². The molecule has 0 saturated carbocycles. The van der Waals surface area contributed by atoms with Crippen LogP contribution in [0.4, 0.5) is 0 Å². The number of carbonyl (C=O) groups is 1. The molecule has 4 aromatic carbocycles. The van der Waals surface area contributed by atoms with Gasteiger partial charge in [-0.2, -0.15) is 0 Å². The summed E-state index contributed by atoms with van der Waals surface area (Å²) in [5, 5.41) is 11.9. The van der Waals surface area contributed by atoms with Crippen molar-refractivity contribution < 1.29 is 9.90 Å². The van der Waals surface area contributed by atoms with Crippen molar-refractivity contribution in [2.24, 2.45) is 0 Å². The van der Waals surface area contributed by atoms with Crippen LogP contribution in [0, 0.1) is 0 Å². The number of hydrogen-bond acceptors (Lipinski definition) is 1. The van der Waals surface area contributed by atoms with Gasteiger partial charge < -0.3 is 5.11 Å². The van der Waals surface area contributed by atoms with Gasteiger partial charge in [-0.05, 0) is 51.1 Å². The van der Waals surface area contributed by atoms with Crippen molar-refractivity contribution in [2.45, 2.75) is 13.3 Å². The van der Waals surface area contributed by atoms with E-state index in [1.165, 1.54) is 0 Å². The molecule has 0 aliphatic heterocycles. The summed E-state index contributed by atoms with van der Waals surface area (Å²) in [4.78, 5) is 12.0. The SMILES string of the molecule is CCc1c(C(=O)O)cc2cccc(-c3ccccc3)c2c1-c1ccccc1. The second kappa shape index (κ2) is 7.08. The standard InChI is InChI=1S/C25H20O2/c1-2-20-22(25(26)27)16-19-14-9-15-21(17-10-5-3-6-11-17)24(19)23(20)18-12-7-4-8-13-18/h3-16H,2H2,1H3,(H,26,27). The van der Waals surface area contributed by atoms with Crippen molar-refractivity contribution in [3.63, 3.8) is 0 Å². The predicted octanol–water partition coefficient (Wildman–Crippen LogP) is 6.43. The highest BCUT2D eigenvalue weighted by molar-refractivity contribution is 6.11. The molecule has 0 heterocycles. The Morgan fingerprint density at radius 2 is 1.44 bits per heavy atom. The molecule has 0 spiro atoms. The Labute approximate surface area is 158 Å². The zero-order valence-electron chi connectivity index (χ0n) is 15.1. The lowest BCUT2D eigenvalue weighted by molar-refractivity contribution is 0.0696. The third kappa shape index (κ3) is 3.00. The van der Waals surface area contributed by atoms with Gasteiger partial charge in [0.2, 0.25) is 0 Å². The first-order valence-electron chi connectivity index (χ1n) is 9.13. The van der Waals surface area contributed by atoms with Gasteiger partial charge >= 0.3 is 5.97 Å². The highest BCUT2D eigenvalue weighted by atomic mass is 16.4. The molecule has 0 atom stereocenters. The third-order valence-corrected chi connectivity index (χ3v) is 5.00. The minimum Gasteiger partial charge on any atom is -0.478 e. The molecule has 0 unspecified atom stereocenters. The molecular weight excluding hydrogens is 332 g/mol. The minimum atomic E-state index is -0.879. The van der Waals surface area contributed by atoms with E-state index in [9.17, 15) is 9.90 Å². The molecule has 0 saturated heterocycles. The highest BCUT2D eigenvalue weighted by Crippen LogP contribution is 2.40. The van der Waals surface area contributed by atoms with Crippen molar-refractivity contribution >= 4 is 16.7 Å². The Kier molecular flexibility index (Phi) is 4.47. The number of benzene rings is 4. The first-order chi connectivity index (χ1) is 13.2. The van der Waals surface area contributed by atoms with Gasteiger partial charge in [-0.1, -0.05) is 85.8 Å². The van der Waals surface area contributed by atoms with E-state index in [-0.39, 0.29) is 0 Å². The van der Waals surface area contributed by atoms with Crippen LogP contribution in [0.2, 0.25) is 0 Å². The molecule has 1 N–H and O–H groups in total. The maximum Gasteiger partial charge on any atom is 0.336 e. The van der Waals surface area contributed by atoms with Crippen molar-refractivity contribution in [1.82, 2.24) is 0 Å². The van der Waals surface area contributed by atoms with E-state index in [0.717, 1.165) is 38.6 Å². The summed E-state index contributed by atoms with van der Waals surface area (Å²) in [6, 6.07) is 28.3. The highest BCUT2D eigenvalue weighted by Gasteiger charge is 2.20. The lowest BCUT2D eigenvalue weighted by Crippen LogP contribution is -2.05. The molecule has 0 radical (unpaired) electrons. The van der Waals surface area contributed by atoms with Gasteiger partial charge in [-0.15, -0.1) is 0 Å². The third-order valence-electron chi connectivity index (χ3n) is 5.00. The Hall–Kier alpha value is -3.39. The predicted molar refractivity (Wildman–Crippen MR) is 111 cm³/mol. The Balaban J connectivity index is 2.20. The van der Waals surface area contributed by atoms with E-state index in [1.807, 2.05) is 61.5 Å². The van der Waals surface area contributed by atoms with Crippen molar-refractivity contribution in [3.05, 3.63) is 96.1 Å². The Morgan fingerprint density at radius 1 is 0.815 bits per heavy atom. The van der Waals surface area contributed by atoms with Gasteiger partial charge in [0.25, 0.3) is 0 Å². The number of aromatic carboxylic acids is 1. The number of carboxylic acid groups (broad SMARTS) is 1. The van der Waals surface area contributed by atoms with Crippen LogP contribution in [0.5, 0.6) is 0 Å². The van der Waals surface area contributed by atoms with Crippen LogP contribution in [-0.2, 0) is 6.42 Å². The molecule has 0 bridgehead atoms. The summed E-state index contributed by atoms with van der Waals surface area (Å²) in [5.74, 6) is -0.879. The molecule has 0 amide bonds. The molecule has 0 aliphatic rings. The Morgan fingerprint density at radius 3 is 2.04 bits per heavy atom. The van der Waals surface area contributed by atoms with Gasteiger partial charge in [-0.3, -0.25) is 0 Å². The Bertz CT molecular complexity index is 1110. The summed E-state index contributed by atoms with van der Waals surface area (Å²) >= 11 is 0. The van der Waals surface area contributed by atoms with E-state index >= 15 is 0 Å². The normalized spacial score (nSPS) is 10.9. The molecule has 2 nitrogen and oxygen atoms in total. The fourth-order valence-electron chi connectivity index (χ4n) is 3.84. The van der Waals surface area contributed by atoms with Gasteiger partial charge in [0.15, 0.2) is 0 Å². The summed E-state index contributed by atoms with van der Waals surface area (Å²) in [7, 11) is 0. The van der Waals surface area contributed by atoms with Crippen LogP contribution in [0.25, 0.3) is 33.0 Å². The average molecular weight is 352 g/mol. The van der Waals surface area contributed by atoms with Crippen LogP contribution in [0.3, 0.4) is 0 Å². The van der Waals surface area contributed by atoms with Crippen LogP contribution >= 0.6 is 0 Å². The molecule has 0 aromatic heterocycles. The molecule has 2 heteroatoms. The van der Waals surface area contributed by atoms with Crippen molar-refractivity contribution in [3.8, 4) is 22.3 Å². The summed E-state index contributed by atoms with van der Waals surface area (Å²) in [6.45, 7) is 2.02. The van der Waals surface area contributed by atoms with E-state index in [1.54, 1.807) is 0 Å².